The molecule has 2 aromatic rings. The van der Waals surface area contributed by atoms with Crippen LogP contribution in [-0.4, -0.2) is 29.3 Å². The standard InChI is InChI=1S/C16H19NO3S/c18-8-7-16(5-6-16)10-17-9-12-11-3-1-2-4-13(11)21-14(12)15(19)20/h1-4,17-18H,5-10H2,(H,19,20). The van der Waals surface area contributed by atoms with Gasteiger partial charge in [0.1, 0.15) is 4.88 Å². The lowest BCUT2D eigenvalue weighted by molar-refractivity contribution is 0.0701. The minimum absolute atomic E-state index is 0.226. The summed E-state index contributed by atoms with van der Waals surface area (Å²) in [6.45, 7) is 1.64. The Kier molecular flexibility index (Phi) is 3.97. The van der Waals surface area contributed by atoms with Crippen molar-refractivity contribution in [3.8, 4) is 0 Å². The fourth-order valence-corrected chi connectivity index (χ4v) is 3.89. The van der Waals surface area contributed by atoms with E-state index >= 15 is 0 Å². The number of aliphatic hydroxyl groups is 1. The second kappa shape index (κ2) is 5.75. The van der Waals surface area contributed by atoms with Crippen LogP contribution in [0.1, 0.15) is 34.5 Å². The summed E-state index contributed by atoms with van der Waals surface area (Å²) in [5.41, 5.74) is 1.12. The summed E-state index contributed by atoms with van der Waals surface area (Å²) in [5, 5.41) is 22.9. The van der Waals surface area contributed by atoms with Crippen molar-refractivity contribution in [1.82, 2.24) is 5.32 Å². The Bertz CT molecular complexity index is 661. The van der Waals surface area contributed by atoms with Crippen LogP contribution in [0.25, 0.3) is 10.1 Å². The van der Waals surface area contributed by atoms with Gasteiger partial charge in [0.25, 0.3) is 0 Å². The molecule has 1 fully saturated rings. The highest BCUT2D eigenvalue weighted by Crippen LogP contribution is 2.48. The van der Waals surface area contributed by atoms with Gasteiger partial charge in [0.05, 0.1) is 0 Å². The number of carboxylic acid groups (broad SMARTS) is 1. The smallest absolute Gasteiger partial charge is 0.346 e. The van der Waals surface area contributed by atoms with E-state index < -0.39 is 5.97 Å². The van der Waals surface area contributed by atoms with Crippen molar-refractivity contribution in [3.05, 3.63) is 34.7 Å². The molecule has 1 saturated carbocycles. The zero-order valence-electron chi connectivity index (χ0n) is 11.8. The number of thiophene rings is 1. The maximum atomic E-state index is 11.4. The van der Waals surface area contributed by atoms with E-state index in [2.05, 4.69) is 5.32 Å². The average molecular weight is 305 g/mol. The van der Waals surface area contributed by atoms with E-state index in [0.29, 0.717) is 11.4 Å². The molecule has 4 nitrogen and oxygen atoms in total. The number of fused-ring (bicyclic) bond motifs is 1. The van der Waals surface area contributed by atoms with Crippen LogP contribution in [0.3, 0.4) is 0 Å². The molecular weight excluding hydrogens is 286 g/mol. The molecule has 0 spiro atoms. The third-order valence-corrected chi connectivity index (χ3v) is 5.49. The first-order valence-electron chi connectivity index (χ1n) is 7.20. The molecule has 5 heteroatoms. The van der Waals surface area contributed by atoms with Crippen LogP contribution < -0.4 is 5.32 Å². The Morgan fingerprint density at radius 1 is 1.33 bits per heavy atom. The molecule has 0 unspecified atom stereocenters. The molecule has 1 aromatic heterocycles. The number of hydrogen-bond acceptors (Lipinski definition) is 4. The summed E-state index contributed by atoms with van der Waals surface area (Å²) in [5.74, 6) is -0.857. The quantitative estimate of drug-likeness (QED) is 0.735. The highest BCUT2D eigenvalue weighted by atomic mass is 32.1. The summed E-state index contributed by atoms with van der Waals surface area (Å²) in [7, 11) is 0. The van der Waals surface area contributed by atoms with Gasteiger partial charge in [0.15, 0.2) is 0 Å². The average Bonchev–Trinajstić information content (AvgIpc) is 3.12. The third kappa shape index (κ3) is 2.95. The summed E-state index contributed by atoms with van der Waals surface area (Å²) in [6.07, 6.45) is 3.13. The van der Waals surface area contributed by atoms with E-state index in [4.69, 9.17) is 5.11 Å². The number of benzene rings is 1. The molecule has 0 saturated heterocycles. The van der Waals surface area contributed by atoms with Gasteiger partial charge in [-0.05, 0) is 41.7 Å². The second-order valence-corrected chi connectivity index (χ2v) is 6.84. The summed E-state index contributed by atoms with van der Waals surface area (Å²) >= 11 is 1.34. The minimum atomic E-state index is -0.857. The van der Waals surface area contributed by atoms with E-state index in [9.17, 15) is 9.90 Å². The number of rotatable bonds is 7. The third-order valence-electron chi connectivity index (χ3n) is 4.29. The molecule has 1 aliphatic carbocycles. The van der Waals surface area contributed by atoms with Crippen molar-refractivity contribution >= 4 is 27.4 Å². The lowest BCUT2D eigenvalue weighted by Gasteiger charge is -2.14. The second-order valence-electron chi connectivity index (χ2n) is 5.79. The van der Waals surface area contributed by atoms with Gasteiger partial charge in [-0.2, -0.15) is 0 Å². The SMILES string of the molecule is O=C(O)c1sc2ccccc2c1CNCC1(CCO)CC1. The number of carboxylic acids is 1. The molecule has 0 bridgehead atoms. The number of carbonyl (C=O) groups is 1. The zero-order valence-corrected chi connectivity index (χ0v) is 12.6. The van der Waals surface area contributed by atoms with Crippen molar-refractivity contribution < 1.29 is 15.0 Å². The first kappa shape index (κ1) is 14.5. The zero-order chi connectivity index (χ0) is 14.9. The minimum Gasteiger partial charge on any atom is -0.477 e. The molecule has 0 atom stereocenters. The van der Waals surface area contributed by atoms with Crippen LogP contribution in [0.2, 0.25) is 0 Å². The number of aliphatic hydroxyl groups excluding tert-OH is 1. The topological polar surface area (TPSA) is 69.6 Å². The Balaban J connectivity index is 1.76. The lowest BCUT2D eigenvalue weighted by Crippen LogP contribution is -2.25. The molecule has 3 rings (SSSR count). The number of hydrogen-bond donors (Lipinski definition) is 3. The van der Waals surface area contributed by atoms with E-state index in [0.717, 1.165) is 41.5 Å². The Morgan fingerprint density at radius 2 is 2.10 bits per heavy atom. The predicted molar refractivity (Wildman–Crippen MR) is 83.9 cm³/mol. The van der Waals surface area contributed by atoms with Crippen LogP contribution in [-0.2, 0) is 6.54 Å². The summed E-state index contributed by atoms with van der Waals surface area (Å²) < 4.78 is 1.02. The number of nitrogens with one attached hydrogen (secondary N) is 1. The van der Waals surface area contributed by atoms with Crippen LogP contribution >= 0.6 is 11.3 Å². The van der Waals surface area contributed by atoms with Gasteiger partial charge in [-0.3, -0.25) is 0 Å². The van der Waals surface area contributed by atoms with Crippen molar-refractivity contribution in [1.29, 1.82) is 0 Å². The van der Waals surface area contributed by atoms with Crippen molar-refractivity contribution in [2.24, 2.45) is 5.41 Å². The van der Waals surface area contributed by atoms with Gasteiger partial charge >= 0.3 is 5.97 Å². The van der Waals surface area contributed by atoms with Gasteiger partial charge < -0.3 is 15.5 Å². The monoisotopic (exact) mass is 305 g/mol. The van der Waals surface area contributed by atoms with Gasteiger partial charge in [0.2, 0.25) is 0 Å². The van der Waals surface area contributed by atoms with E-state index in [1.807, 2.05) is 24.3 Å². The van der Waals surface area contributed by atoms with Crippen LogP contribution in [0.5, 0.6) is 0 Å². The Labute approximate surface area is 127 Å². The van der Waals surface area contributed by atoms with Crippen LogP contribution in [0.4, 0.5) is 0 Å². The van der Waals surface area contributed by atoms with Gasteiger partial charge in [-0.1, -0.05) is 18.2 Å². The van der Waals surface area contributed by atoms with Crippen LogP contribution in [0.15, 0.2) is 24.3 Å². The van der Waals surface area contributed by atoms with Gasteiger partial charge in [-0.25, -0.2) is 4.79 Å². The molecule has 112 valence electrons. The van der Waals surface area contributed by atoms with E-state index in [1.165, 1.54) is 11.3 Å². The van der Waals surface area contributed by atoms with Gasteiger partial charge in [0, 0.05) is 24.4 Å². The first-order chi connectivity index (χ1) is 10.2. The molecule has 0 amide bonds. The van der Waals surface area contributed by atoms with Crippen molar-refractivity contribution in [2.45, 2.75) is 25.8 Å². The molecule has 3 N–H and O–H groups in total. The van der Waals surface area contributed by atoms with E-state index in [-0.39, 0.29) is 12.0 Å². The molecule has 1 aliphatic rings. The maximum absolute atomic E-state index is 11.4. The highest BCUT2D eigenvalue weighted by Gasteiger charge is 2.41. The molecule has 0 aliphatic heterocycles. The fraction of sp³-hybridized carbons (Fsp3) is 0.438. The van der Waals surface area contributed by atoms with Crippen LogP contribution in [0, 0.1) is 5.41 Å². The Morgan fingerprint density at radius 3 is 2.76 bits per heavy atom. The first-order valence-corrected chi connectivity index (χ1v) is 8.02. The molecule has 21 heavy (non-hydrogen) atoms. The number of aromatic carboxylic acids is 1. The molecule has 1 heterocycles. The van der Waals surface area contributed by atoms with Crippen molar-refractivity contribution in [3.63, 3.8) is 0 Å². The molecular formula is C16H19NO3S. The molecule has 0 radical (unpaired) electrons. The summed E-state index contributed by atoms with van der Waals surface area (Å²) in [4.78, 5) is 11.8. The largest absolute Gasteiger partial charge is 0.477 e. The van der Waals surface area contributed by atoms with E-state index in [1.54, 1.807) is 0 Å². The lowest BCUT2D eigenvalue weighted by atomic mass is 10.0. The maximum Gasteiger partial charge on any atom is 0.346 e. The highest BCUT2D eigenvalue weighted by molar-refractivity contribution is 7.21. The van der Waals surface area contributed by atoms with Gasteiger partial charge in [-0.15, -0.1) is 11.3 Å². The normalized spacial score (nSPS) is 16.2. The Hall–Kier alpha value is -1.43. The molecule has 1 aromatic carbocycles. The van der Waals surface area contributed by atoms with Crippen molar-refractivity contribution in [2.75, 3.05) is 13.2 Å². The summed E-state index contributed by atoms with van der Waals surface area (Å²) in [6, 6.07) is 7.82. The fourth-order valence-electron chi connectivity index (χ4n) is 2.83. The predicted octanol–water partition coefficient (Wildman–Crippen LogP) is 2.85.